The Balaban J connectivity index is 0.000000317. The van der Waals surface area contributed by atoms with Gasteiger partial charge in [-0.2, -0.15) is 0 Å². The lowest BCUT2D eigenvalue weighted by atomic mass is 9.90. The van der Waals surface area contributed by atoms with Crippen molar-refractivity contribution in [3.05, 3.63) is 35.9 Å². The molecule has 4 unspecified atom stereocenters. The van der Waals surface area contributed by atoms with Crippen molar-refractivity contribution in [1.82, 2.24) is 20.4 Å². The fraction of sp³-hybridized carbons (Fsp3) is 0.714. The number of primary amides is 2. The summed E-state index contributed by atoms with van der Waals surface area (Å²) < 4.78 is 16.9. The molecule has 1 saturated carbocycles. The fourth-order valence-electron chi connectivity index (χ4n) is 5.99. The summed E-state index contributed by atoms with van der Waals surface area (Å²) in [7, 11) is 0. The van der Waals surface area contributed by atoms with Crippen LogP contribution >= 0.6 is 0 Å². The minimum Gasteiger partial charge on any atom is -0.378 e. The van der Waals surface area contributed by atoms with E-state index in [1.54, 1.807) is 11.8 Å². The quantitative estimate of drug-likeness (QED) is 0.262. The van der Waals surface area contributed by atoms with Gasteiger partial charge in [0.15, 0.2) is 0 Å². The lowest BCUT2D eigenvalue weighted by molar-refractivity contribution is -0.141. The molecule has 4 atom stereocenters. The van der Waals surface area contributed by atoms with E-state index in [1.165, 1.54) is 32.1 Å². The molecule has 0 radical (unpaired) electrons. The van der Waals surface area contributed by atoms with Crippen LogP contribution in [0.2, 0.25) is 0 Å². The highest BCUT2D eigenvalue weighted by Crippen LogP contribution is 2.24. The van der Waals surface area contributed by atoms with Gasteiger partial charge in [-0.05, 0) is 57.4 Å². The van der Waals surface area contributed by atoms with Gasteiger partial charge in [-0.3, -0.25) is 9.59 Å². The Hall–Kier alpha value is -3.42. The number of nitrogens with zero attached hydrogens (tertiary/aromatic N) is 2. The highest BCUT2D eigenvalue weighted by molar-refractivity contribution is 5.88. The summed E-state index contributed by atoms with van der Waals surface area (Å²) >= 11 is 0. The summed E-state index contributed by atoms with van der Waals surface area (Å²) in [5, 5.41) is 5.08. The number of nitrogens with one attached hydrogen (secondary N) is 2. The predicted molar refractivity (Wildman–Crippen MR) is 185 cm³/mol. The first kappa shape index (κ1) is 40.8. The molecular weight excluding hydrogens is 616 g/mol. The minimum atomic E-state index is -0.811. The van der Waals surface area contributed by atoms with Gasteiger partial charge in [-0.15, -0.1) is 0 Å². The zero-order valence-electron chi connectivity index (χ0n) is 29.5. The van der Waals surface area contributed by atoms with E-state index < -0.39 is 30.2 Å². The van der Waals surface area contributed by atoms with Gasteiger partial charge in [-0.1, -0.05) is 63.4 Å². The molecule has 13 heteroatoms. The molecule has 1 aromatic rings. The Morgan fingerprint density at radius 1 is 0.750 bits per heavy atom. The smallest absolute Gasteiger partial charge is 0.312 e. The van der Waals surface area contributed by atoms with E-state index in [-0.39, 0.29) is 17.9 Å². The van der Waals surface area contributed by atoms with Crippen LogP contribution in [-0.4, -0.2) is 104 Å². The Bertz CT molecular complexity index is 1080. The number of likely N-dealkylation sites (tertiary alicyclic amines) is 1. The number of piperidine rings is 1. The third-order valence-corrected chi connectivity index (χ3v) is 8.73. The number of rotatable bonds is 12. The maximum absolute atomic E-state index is 12.7. The lowest BCUT2D eigenvalue weighted by Gasteiger charge is -2.33. The molecule has 272 valence electrons. The average molecular weight is 677 g/mol. The fourth-order valence-corrected chi connectivity index (χ4v) is 5.99. The molecule has 13 nitrogen and oxygen atoms in total. The normalized spacial score (nSPS) is 19.2. The van der Waals surface area contributed by atoms with Crippen molar-refractivity contribution in [2.75, 3.05) is 46.0 Å². The number of hydrogen-bond donors (Lipinski definition) is 4. The first-order chi connectivity index (χ1) is 23.2. The second-order valence-electron chi connectivity index (χ2n) is 12.3. The van der Waals surface area contributed by atoms with Crippen LogP contribution in [0.4, 0.5) is 9.59 Å². The maximum atomic E-state index is 12.7. The molecule has 6 amide bonds. The summed E-state index contributed by atoms with van der Waals surface area (Å²) in [6, 6.07) is 6.72. The minimum absolute atomic E-state index is 0.0698. The van der Waals surface area contributed by atoms with Gasteiger partial charge < -0.3 is 46.1 Å². The Kier molecular flexibility index (Phi) is 19.5. The van der Waals surface area contributed by atoms with Crippen LogP contribution in [0.25, 0.3) is 0 Å². The molecule has 1 aliphatic carbocycles. The zero-order chi connectivity index (χ0) is 35.3. The lowest BCUT2D eigenvalue weighted by Crippen LogP contribution is -2.57. The van der Waals surface area contributed by atoms with Gasteiger partial charge in [0.2, 0.25) is 11.8 Å². The highest BCUT2D eigenvalue weighted by atomic mass is 16.5. The molecule has 4 rings (SSSR count). The molecule has 6 N–H and O–H groups in total. The van der Waals surface area contributed by atoms with E-state index in [4.69, 9.17) is 25.7 Å². The predicted octanol–water partition coefficient (Wildman–Crippen LogP) is 3.53. The van der Waals surface area contributed by atoms with Gasteiger partial charge in [0.25, 0.3) is 0 Å². The van der Waals surface area contributed by atoms with Crippen LogP contribution in [0.3, 0.4) is 0 Å². The second kappa shape index (κ2) is 23.0. The van der Waals surface area contributed by atoms with Crippen molar-refractivity contribution >= 4 is 23.9 Å². The number of carbonyl (C=O) groups excluding carboxylic acids is 4. The summed E-state index contributed by atoms with van der Waals surface area (Å²) in [5.41, 5.74) is 11.5. The van der Waals surface area contributed by atoms with Gasteiger partial charge in [0, 0.05) is 32.8 Å². The molecular formula is C35H60N6O7. The van der Waals surface area contributed by atoms with Crippen LogP contribution in [0.5, 0.6) is 0 Å². The summed E-state index contributed by atoms with van der Waals surface area (Å²) in [5.74, 6) is 0.304. The standard InChI is InChI=1S/C17H31N3O3.C16H23N3O4.C2H6/c1-13(23-12-14-8-4-2-5-9-14)15(19-17(18)22)16(21)20-10-6-3-7-11-20;1-12(23-11-13-5-3-2-4-6-13)14(18-16(17)21)15(20)19-7-9-22-10-8-19;1-2/h13-15H,2-12H2,1H3,(H3,18,19,22);2-6,12,14H,7-11H2,1H3,(H3,17,18,21);1-2H3. The number of hydrogen-bond acceptors (Lipinski definition) is 7. The van der Waals surface area contributed by atoms with Crippen molar-refractivity contribution in [3.63, 3.8) is 0 Å². The summed E-state index contributed by atoms with van der Waals surface area (Å²) in [6.07, 6.45) is 8.56. The monoisotopic (exact) mass is 676 g/mol. The van der Waals surface area contributed by atoms with E-state index >= 15 is 0 Å². The number of morpholine rings is 1. The largest absolute Gasteiger partial charge is 0.378 e. The molecule has 2 aliphatic heterocycles. The molecule has 2 saturated heterocycles. The Morgan fingerprint density at radius 2 is 1.23 bits per heavy atom. The molecule has 2 heterocycles. The first-order valence-electron chi connectivity index (χ1n) is 17.7. The molecule has 48 heavy (non-hydrogen) atoms. The third-order valence-electron chi connectivity index (χ3n) is 8.73. The van der Waals surface area contributed by atoms with Crippen molar-refractivity contribution in [2.45, 2.75) is 110 Å². The number of amides is 6. The van der Waals surface area contributed by atoms with E-state index in [1.807, 2.05) is 56.0 Å². The van der Waals surface area contributed by atoms with Crippen LogP contribution < -0.4 is 22.1 Å². The number of urea groups is 2. The van der Waals surface area contributed by atoms with Crippen LogP contribution in [0.1, 0.15) is 84.6 Å². The van der Waals surface area contributed by atoms with Crippen molar-refractivity contribution < 1.29 is 33.4 Å². The first-order valence-corrected chi connectivity index (χ1v) is 17.7. The highest BCUT2D eigenvalue weighted by Gasteiger charge is 2.33. The SMILES string of the molecule is CC.CC(OCC1CCCCC1)C(NC(N)=O)C(=O)N1CCCCC1.CC(OCc1ccccc1)C(NC(N)=O)C(=O)N1CCOCC1. The Morgan fingerprint density at radius 3 is 1.75 bits per heavy atom. The van der Waals surface area contributed by atoms with Crippen molar-refractivity contribution in [2.24, 2.45) is 17.4 Å². The molecule has 0 bridgehead atoms. The number of ether oxygens (including phenoxy) is 3. The topological polar surface area (TPSA) is 179 Å². The van der Waals surface area contributed by atoms with Crippen LogP contribution in [0, 0.1) is 5.92 Å². The molecule has 1 aromatic carbocycles. The molecule has 3 aliphatic rings. The van der Waals surface area contributed by atoms with Crippen molar-refractivity contribution in [1.29, 1.82) is 0 Å². The molecule has 3 fully saturated rings. The summed E-state index contributed by atoms with van der Waals surface area (Å²) in [4.78, 5) is 51.3. The second-order valence-corrected chi connectivity index (χ2v) is 12.3. The summed E-state index contributed by atoms with van der Waals surface area (Å²) in [6.45, 7) is 12.1. The van der Waals surface area contributed by atoms with Crippen molar-refractivity contribution in [3.8, 4) is 0 Å². The van der Waals surface area contributed by atoms with Gasteiger partial charge in [0.1, 0.15) is 12.1 Å². The molecule has 0 aromatic heterocycles. The van der Waals surface area contributed by atoms with Crippen LogP contribution in [-0.2, 0) is 30.4 Å². The van der Waals surface area contributed by atoms with Gasteiger partial charge in [-0.25, -0.2) is 9.59 Å². The number of benzene rings is 1. The number of nitrogens with two attached hydrogens (primary N) is 2. The van der Waals surface area contributed by atoms with E-state index in [2.05, 4.69) is 10.6 Å². The van der Waals surface area contributed by atoms with E-state index in [0.29, 0.717) is 45.4 Å². The van der Waals surface area contributed by atoms with Crippen LogP contribution in [0.15, 0.2) is 30.3 Å². The number of carbonyl (C=O) groups is 4. The average Bonchev–Trinajstić information content (AvgIpc) is 3.13. The van der Waals surface area contributed by atoms with E-state index in [9.17, 15) is 19.2 Å². The van der Waals surface area contributed by atoms with E-state index in [0.717, 1.165) is 37.9 Å². The zero-order valence-corrected chi connectivity index (χ0v) is 29.5. The third kappa shape index (κ3) is 14.8. The maximum Gasteiger partial charge on any atom is 0.312 e. The van der Waals surface area contributed by atoms with Gasteiger partial charge in [0.05, 0.1) is 32.0 Å². The van der Waals surface area contributed by atoms with Gasteiger partial charge >= 0.3 is 12.1 Å². The Labute approximate surface area is 286 Å². The molecule has 0 spiro atoms.